The number of rotatable bonds is 5. The number of aromatic nitrogens is 2. The lowest BCUT2D eigenvalue weighted by Crippen LogP contribution is -2.49. The van der Waals surface area contributed by atoms with Gasteiger partial charge in [0.25, 0.3) is 0 Å². The molecule has 0 saturated carbocycles. The summed E-state index contributed by atoms with van der Waals surface area (Å²) in [6, 6.07) is 18.2. The van der Waals surface area contributed by atoms with E-state index in [-0.39, 0.29) is 19.6 Å². The molecule has 2 aromatic carbocycles. The number of benzene rings is 2. The number of imidazole rings is 1. The molecule has 4 rings (SSSR count). The second-order valence-corrected chi connectivity index (χ2v) is 6.98. The van der Waals surface area contributed by atoms with E-state index in [2.05, 4.69) is 4.98 Å². The molecule has 0 fully saturated rings. The van der Waals surface area contributed by atoms with Gasteiger partial charge in [-0.05, 0) is 11.1 Å². The summed E-state index contributed by atoms with van der Waals surface area (Å²) in [5, 5.41) is 9.71. The van der Waals surface area contributed by atoms with Gasteiger partial charge >= 0.3 is 12.1 Å². The third-order valence-corrected chi connectivity index (χ3v) is 5.04. The van der Waals surface area contributed by atoms with Crippen LogP contribution in [-0.2, 0) is 35.6 Å². The number of nitrogens with zero attached hydrogens (tertiary/aromatic N) is 3. The molecule has 148 valence electrons. The van der Waals surface area contributed by atoms with Gasteiger partial charge in [0.15, 0.2) is 0 Å². The molecule has 0 spiro atoms. The van der Waals surface area contributed by atoms with E-state index in [1.807, 2.05) is 65.2 Å². The smallest absolute Gasteiger partial charge is 0.411 e. The molecule has 0 saturated heterocycles. The fourth-order valence-electron chi connectivity index (χ4n) is 3.51. The van der Waals surface area contributed by atoms with Crippen LogP contribution in [0.25, 0.3) is 0 Å². The van der Waals surface area contributed by atoms with Gasteiger partial charge < -0.3 is 14.4 Å². The van der Waals surface area contributed by atoms with Crippen molar-refractivity contribution in [3.63, 3.8) is 0 Å². The molecule has 0 bridgehead atoms. The first-order chi connectivity index (χ1) is 14.1. The molecule has 1 aliphatic heterocycles. The van der Waals surface area contributed by atoms with Crippen LogP contribution in [-0.4, -0.2) is 37.7 Å². The maximum absolute atomic E-state index is 12.6. The van der Waals surface area contributed by atoms with Gasteiger partial charge in [-0.1, -0.05) is 60.7 Å². The van der Waals surface area contributed by atoms with Crippen LogP contribution in [0.15, 0.2) is 67.0 Å². The van der Waals surface area contributed by atoms with E-state index < -0.39 is 18.1 Å². The van der Waals surface area contributed by atoms with E-state index in [0.717, 1.165) is 16.8 Å². The second-order valence-electron chi connectivity index (χ2n) is 6.98. The highest BCUT2D eigenvalue weighted by Gasteiger charge is 2.37. The van der Waals surface area contributed by atoms with Gasteiger partial charge in [0, 0.05) is 18.7 Å². The lowest BCUT2D eigenvalue weighted by Gasteiger charge is -2.32. The first-order valence-corrected chi connectivity index (χ1v) is 9.39. The Morgan fingerprint density at radius 1 is 1.03 bits per heavy atom. The van der Waals surface area contributed by atoms with Gasteiger partial charge in [0.05, 0.1) is 18.6 Å². The molecule has 7 nitrogen and oxygen atoms in total. The fourth-order valence-corrected chi connectivity index (χ4v) is 3.51. The lowest BCUT2D eigenvalue weighted by atomic mass is 10.0. The van der Waals surface area contributed by atoms with E-state index in [9.17, 15) is 14.7 Å². The topological polar surface area (TPSA) is 84.7 Å². The Bertz CT molecular complexity index is 1000. The Morgan fingerprint density at radius 2 is 1.69 bits per heavy atom. The Balaban J connectivity index is 1.51. The average Bonchev–Trinajstić information content (AvgIpc) is 3.14. The van der Waals surface area contributed by atoms with E-state index in [1.165, 1.54) is 4.90 Å². The fraction of sp³-hybridized carbons (Fsp3) is 0.227. The van der Waals surface area contributed by atoms with Crippen LogP contribution in [0.5, 0.6) is 0 Å². The van der Waals surface area contributed by atoms with Crippen molar-refractivity contribution in [1.82, 2.24) is 14.5 Å². The van der Waals surface area contributed by atoms with E-state index in [0.29, 0.717) is 12.2 Å². The number of hydrogen-bond donors (Lipinski definition) is 1. The molecule has 7 heteroatoms. The lowest BCUT2D eigenvalue weighted by molar-refractivity contribution is -0.143. The van der Waals surface area contributed by atoms with Crippen LogP contribution in [0.4, 0.5) is 4.79 Å². The van der Waals surface area contributed by atoms with Crippen molar-refractivity contribution >= 4 is 12.1 Å². The summed E-state index contributed by atoms with van der Waals surface area (Å²) in [5.74, 6) is -1.06. The minimum Gasteiger partial charge on any atom is -0.480 e. The molecule has 3 aromatic rings. The number of amides is 1. The number of fused-ring (bicyclic) bond motifs is 1. The van der Waals surface area contributed by atoms with Gasteiger partial charge in [-0.25, -0.2) is 14.6 Å². The van der Waals surface area contributed by atoms with Crippen molar-refractivity contribution in [2.45, 2.75) is 32.2 Å². The predicted molar refractivity (Wildman–Crippen MR) is 105 cm³/mol. The number of hydrogen-bond acceptors (Lipinski definition) is 4. The van der Waals surface area contributed by atoms with Crippen LogP contribution >= 0.6 is 0 Å². The van der Waals surface area contributed by atoms with Crippen molar-refractivity contribution < 1.29 is 19.4 Å². The van der Waals surface area contributed by atoms with E-state index in [4.69, 9.17) is 4.74 Å². The number of carbonyl (C=O) groups is 2. The molecule has 2 heterocycles. The Morgan fingerprint density at radius 3 is 2.34 bits per heavy atom. The number of carbonyl (C=O) groups excluding carboxylic acids is 1. The van der Waals surface area contributed by atoms with Crippen molar-refractivity contribution in [2.75, 3.05) is 0 Å². The molecule has 1 aliphatic rings. The molecule has 1 atom stereocenters. The highest BCUT2D eigenvalue weighted by Crippen LogP contribution is 2.24. The standard InChI is InChI=1S/C22H21N3O4/c26-21(27)20-11-19-18(23-15-24(19)12-16-7-3-1-4-8-16)13-25(20)22(28)29-14-17-9-5-2-6-10-17/h1-10,15,20H,11-14H2,(H,26,27)/t20-/m1/s1. The quantitative estimate of drug-likeness (QED) is 0.723. The zero-order valence-electron chi connectivity index (χ0n) is 15.8. The summed E-state index contributed by atoms with van der Waals surface area (Å²) in [7, 11) is 0. The van der Waals surface area contributed by atoms with E-state index >= 15 is 0 Å². The van der Waals surface area contributed by atoms with Gasteiger partial charge in [-0.3, -0.25) is 4.90 Å². The largest absolute Gasteiger partial charge is 0.480 e. The van der Waals surface area contributed by atoms with E-state index in [1.54, 1.807) is 6.33 Å². The molecule has 1 aromatic heterocycles. The summed E-state index contributed by atoms with van der Waals surface area (Å²) in [5.41, 5.74) is 3.49. The first kappa shape index (κ1) is 18.7. The van der Waals surface area contributed by atoms with Crippen LogP contribution in [0.1, 0.15) is 22.5 Å². The molecule has 1 amide bonds. The maximum Gasteiger partial charge on any atom is 0.411 e. The zero-order chi connectivity index (χ0) is 20.2. The maximum atomic E-state index is 12.6. The first-order valence-electron chi connectivity index (χ1n) is 9.39. The number of ether oxygens (including phenoxy) is 1. The molecule has 1 N–H and O–H groups in total. The van der Waals surface area contributed by atoms with Gasteiger partial charge in [-0.2, -0.15) is 0 Å². The summed E-state index contributed by atoms with van der Waals surface area (Å²) in [4.78, 5) is 30.1. The van der Waals surface area contributed by atoms with Crippen molar-refractivity contribution in [3.05, 3.63) is 89.5 Å². The third kappa shape index (κ3) is 4.13. The molecular formula is C22H21N3O4. The van der Waals surface area contributed by atoms with Crippen molar-refractivity contribution in [3.8, 4) is 0 Å². The Hall–Kier alpha value is -3.61. The minimum atomic E-state index is -1.06. The van der Waals surface area contributed by atoms with Crippen LogP contribution in [0, 0.1) is 0 Å². The number of carboxylic acid groups (broad SMARTS) is 1. The zero-order valence-corrected chi connectivity index (χ0v) is 15.8. The molecule has 0 unspecified atom stereocenters. The molecular weight excluding hydrogens is 370 g/mol. The van der Waals surface area contributed by atoms with Crippen molar-refractivity contribution in [2.24, 2.45) is 0 Å². The minimum absolute atomic E-state index is 0.0951. The number of aliphatic carboxylic acids is 1. The Kier molecular flexibility index (Phi) is 5.29. The van der Waals surface area contributed by atoms with Crippen LogP contribution < -0.4 is 0 Å². The average molecular weight is 391 g/mol. The summed E-state index contributed by atoms with van der Waals surface area (Å²) >= 11 is 0. The molecule has 0 radical (unpaired) electrons. The predicted octanol–water partition coefficient (Wildman–Crippen LogP) is 3.08. The highest BCUT2D eigenvalue weighted by molar-refractivity contribution is 5.81. The summed E-state index contributed by atoms with van der Waals surface area (Å²) in [6.45, 7) is 0.813. The monoisotopic (exact) mass is 391 g/mol. The molecule has 29 heavy (non-hydrogen) atoms. The summed E-state index contributed by atoms with van der Waals surface area (Å²) < 4.78 is 7.31. The normalized spacial score (nSPS) is 15.6. The summed E-state index contributed by atoms with van der Waals surface area (Å²) in [6.07, 6.45) is 1.25. The van der Waals surface area contributed by atoms with Gasteiger partial charge in [-0.15, -0.1) is 0 Å². The van der Waals surface area contributed by atoms with Crippen LogP contribution in [0.2, 0.25) is 0 Å². The second kappa shape index (κ2) is 8.18. The molecule has 0 aliphatic carbocycles. The SMILES string of the molecule is O=C(O)[C@H]1Cc2c(ncn2Cc2ccccc2)CN1C(=O)OCc1ccccc1. The highest BCUT2D eigenvalue weighted by atomic mass is 16.6. The van der Waals surface area contributed by atoms with Crippen molar-refractivity contribution in [1.29, 1.82) is 0 Å². The van der Waals surface area contributed by atoms with Gasteiger partial charge in [0.1, 0.15) is 12.6 Å². The third-order valence-electron chi connectivity index (χ3n) is 5.04. The Labute approximate surface area is 168 Å². The van der Waals surface area contributed by atoms with Gasteiger partial charge in [0.2, 0.25) is 0 Å². The van der Waals surface area contributed by atoms with Crippen LogP contribution in [0.3, 0.4) is 0 Å². The number of carboxylic acids is 1.